The van der Waals surface area contributed by atoms with Crippen molar-refractivity contribution in [2.24, 2.45) is 5.92 Å². The molecule has 15 heavy (non-hydrogen) atoms. The Morgan fingerprint density at radius 2 is 2.40 bits per heavy atom. The number of hydrogen-bond donors (Lipinski definition) is 1. The topological polar surface area (TPSA) is 41.6 Å². The molecule has 0 aliphatic carbocycles. The second-order valence-electron chi connectivity index (χ2n) is 4.50. The predicted molar refractivity (Wildman–Crippen MR) is 57.6 cm³/mol. The molecule has 0 bridgehead atoms. The Balaban J connectivity index is 1.81. The summed E-state index contributed by atoms with van der Waals surface area (Å²) >= 11 is 0. The Morgan fingerprint density at radius 1 is 1.53 bits per heavy atom. The van der Waals surface area contributed by atoms with Gasteiger partial charge in [-0.25, -0.2) is 0 Å². The van der Waals surface area contributed by atoms with Gasteiger partial charge in [-0.1, -0.05) is 0 Å². The first-order chi connectivity index (χ1) is 7.31. The molecule has 4 nitrogen and oxygen atoms in total. The first kappa shape index (κ1) is 10.9. The third kappa shape index (κ3) is 2.49. The molecule has 0 aromatic carbocycles. The molecule has 2 rings (SSSR count). The van der Waals surface area contributed by atoms with E-state index in [0.717, 1.165) is 45.5 Å². The summed E-state index contributed by atoms with van der Waals surface area (Å²) in [5.41, 5.74) is 0. The van der Waals surface area contributed by atoms with E-state index in [1.165, 1.54) is 0 Å². The highest BCUT2D eigenvalue weighted by Crippen LogP contribution is 2.20. The van der Waals surface area contributed by atoms with Crippen LogP contribution in [0.2, 0.25) is 0 Å². The van der Waals surface area contributed by atoms with E-state index in [2.05, 4.69) is 5.32 Å². The van der Waals surface area contributed by atoms with Gasteiger partial charge in [0.15, 0.2) is 0 Å². The minimum absolute atomic E-state index is 0.140. The molecule has 0 radical (unpaired) electrons. The lowest BCUT2D eigenvalue weighted by Gasteiger charge is -2.20. The Hall–Kier alpha value is -0.610. The van der Waals surface area contributed by atoms with E-state index in [0.29, 0.717) is 5.92 Å². The Bertz CT molecular complexity index is 227. The molecule has 86 valence electrons. The highest BCUT2D eigenvalue weighted by molar-refractivity contribution is 5.81. The van der Waals surface area contributed by atoms with E-state index in [9.17, 15) is 4.79 Å². The molecule has 2 saturated heterocycles. The molecular weight excluding hydrogens is 192 g/mol. The van der Waals surface area contributed by atoms with Gasteiger partial charge in [-0.3, -0.25) is 4.79 Å². The molecule has 2 aliphatic heterocycles. The summed E-state index contributed by atoms with van der Waals surface area (Å²) in [4.78, 5) is 13.9. The average Bonchev–Trinajstić information content (AvgIpc) is 2.87. The lowest BCUT2D eigenvalue weighted by Crippen LogP contribution is -2.37. The lowest BCUT2D eigenvalue weighted by molar-refractivity contribution is -0.139. The first-order valence-corrected chi connectivity index (χ1v) is 5.86. The van der Waals surface area contributed by atoms with Crippen LogP contribution in [-0.4, -0.2) is 50.2 Å². The highest BCUT2D eigenvalue weighted by atomic mass is 16.5. The molecular formula is C11H20N2O2. The lowest BCUT2D eigenvalue weighted by atomic mass is 10.1. The summed E-state index contributed by atoms with van der Waals surface area (Å²) in [6.07, 6.45) is 2.92. The maximum atomic E-state index is 12.0. The van der Waals surface area contributed by atoms with E-state index in [4.69, 9.17) is 4.74 Å². The summed E-state index contributed by atoms with van der Waals surface area (Å²) in [7, 11) is 1.96. The number of likely N-dealkylation sites (tertiary alicyclic amines) is 1. The molecule has 2 aliphatic rings. The van der Waals surface area contributed by atoms with Gasteiger partial charge < -0.3 is 15.0 Å². The highest BCUT2D eigenvalue weighted by Gasteiger charge is 2.32. The quantitative estimate of drug-likeness (QED) is 0.728. The van der Waals surface area contributed by atoms with Crippen molar-refractivity contribution in [3.63, 3.8) is 0 Å². The third-order valence-corrected chi connectivity index (χ3v) is 3.30. The van der Waals surface area contributed by atoms with Crippen LogP contribution >= 0.6 is 0 Å². The number of ether oxygens (including phenoxy) is 1. The molecule has 0 spiro atoms. The van der Waals surface area contributed by atoms with Crippen LogP contribution in [0.5, 0.6) is 0 Å². The van der Waals surface area contributed by atoms with E-state index >= 15 is 0 Å². The van der Waals surface area contributed by atoms with E-state index in [1.54, 1.807) is 0 Å². The molecule has 2 fully saturated rings. The number of hydrogen-bond acceptors (Lipinski definition) is 3. The molecule has 4 heteroatoms. The Labute approximate surface area is 91.0 Å². The van der Waals surface area contributed by atoms with Gasteiger partial charge in [-0.2, -0.15) is 0 Å². The van der Waals surface area contributed by atoms with E-state index in [1.807, 2.05) is 11.9 Å². The second kappa shape index (κ2) is 4.94. The van der Waals surface area contributed by atoms with Crippen LogP contribution < -0.4 is 5.32 Å². The number of nitrogens with one attached hydrogen (secondary N) is 1. The molecule has 2 atom stereocenters. The van der Waals surface area contributed by atoms with Crippen LogP contribution in [0.15, 0.2) is 0 Å². The fourth-order valence-corrected chi connectivity index (χ4v) is 2.46. The number of carbonyl (C=O) groups is 1. The fraction of sp³-hybridized carbons (Fsp3) is 0.909. The van der Waals surface area contributed by atoms with Crippen LogP contribution in [0.1, 0.15) is 19.3 Å². The minimum atomic E-state index is -0.140. The maximum absolute atomic E-state index is 12.0. The molecule has 1 amide bonds. The summed E-state index contributed by atoms with van der Waals surface area (Å²) < 4.78 is 5.42. The zero-order chi connectivity index (χ0) is 10.7. The summed E-state index contributed by atoms with van der Waals surface area (Å²) in [5.74, 6) is 0.839. The van der Waals surface area contributed by atoms with Crippen LogP contribution in [0.3, 0.4) is 0 Å². The van der Waals surface area contributed by atoms with Crippen molar-refractivity contribution in [1.82, 2.24) is 10.2 Å². The Morgan fingerprint density at radius 3 is 3.07 bits per heavy atom. The summed E-state index contributed by atoms with van der Waals surface area (Å²) in [5, 5.41) is 3.17. The molecule has 0 aromatic rings. The van der Waals surface area contributed by atoms with Crippen LogP contribution in [0.25, 0.3) is 0 Å². The van der Waals surface area contributed by atoms with E-state index < -0.39 is 0 Å². The number of amides is 1. The van der Waals surface area contributed by atoms with Gasteiger partial charge in [0, 0.05) is 19.7 Å². The van der Waals surface area contributed by atoms with Crippen LogP contribution in [-0.2, 0) is 9.53 Å². The van der Waals surface area contributed by atoms with Crippen LogP contribution in [0, 0.1) is 5.92 Å². The molecule has 2 heterocycles. The van der Waals surface area contributed by atoms with Gasteiger partial charge in [0.2, 0.25) is 0 Å². The Kier molecular flexibility index (Phi) is 3.59. The third-order valence-electron chi connectivity index (χ3n) is 3.30. The predicted octanol–water partition coefficient (Wildman–Crippen LogP) is 0.233. The smallest absolute Gasteiger partial charge is 0.251 e. The zero-order valence-corrected chi connectivity index (χ0v) is 9.37. The van der Waals surface area contributed by atoms with Gasteiger partial charge in [-0.15, -0.1) is 0 Å². The normalized spacial score (nSPS) is 31.1. The van der Waals surface area contributed by atoms with Crippen molar-refractivity contribution in [2.45, 2.75) is 25.4 Å². The van der Waals surface area contributed by atoms with Gasteiger partial charge in [-0.05, 0) is 38.8 Å². The average molecular weight is 212 g/mol. The minimum Gasteiger partial charge on any atom is -0.368 e. The van der Waals surface area contributed by atoms with Crippen molar-refractivity contribution in [1.29, 1.82) is 0 Å². The van der Waals surface area contributed by atoms with Crippen molar-refractivity contribution >= 4 is 5.91 Å². The molecule has 0 aromatic heterocycles. The zero-order valence-electron chi connectivity index (χ0n) is 9.37. The standard InChI is InChI=1S/C11H20N2O2/c1-12-7-9-4-5-13(8-9)11(14)10-3-2-6-15-10/h9-10,12H,2-8H2,1H3/t9?,10-/m1/s1. The second-order valence-corrected chi connectivity index (χ2v) is 4.50. The van der Waals surface area contributed by atoms with E-state index in [-0.39, 0.29) is 12.0 Å². The molecule has 1 unspecified atom stereocenters. The van der Waals surface area contributed by atoms with Gasteiger partial charge >= 0.3 is 0 Å². The SMILES string of the molecule is CNCC1CCN(C(=O)[C@H]2CCCO2)C1. The van der Waals surface area contributed by atoms with Crippen molar-refractivity contribution < 1.29 is 9.53 Å². The monoisotopic (exact) mass is 212 g/mol. The first-order valence-electron chi connectivity index (χ1n) is 5.86. The number of carbonyl (C=O) groups excluding carboxylic acids is 1. The fourth-order valence-electron chi connectivity index (χ4n) is 2.46. The van der Waals surface area contributed by atoms with Gasteiger partial charge in [0.05, 0.1) is 0 Å². The summed E-state index contributed by atoms with van der Waals surface area (Å²) in [6, 6.07) is 0. The van der Waals surface area contributed by atoms with Crippen molar-refractivity contribution in [3.05, 3.63) is 0 Å². The number of nitrogens with zero attached hydrogens (tertiary/aromatic N) is 1. The van der Waals surface area contributed by atoms with Gasteiger partial charge in [0.25, 0.3) is 5.91 Å². The van der Waals surface area contributed by atoms with Crippen LogP contribution in [0.4, 0.5) is 0 Å². The van der Waals surface area contributed by atoms with Crippen molar-refractivity contribution in [3.8, 4) is 0 Å². The maximum Gasteiger partial charge on any atom is 0.251 e. The molecule has 1 N–H and O–H groups in total. The van der Waals surface area contributed by atoms with Crippen molar-refractivity contribution in [2.75, 3.05) is 33.3 Å². The number of rotatable bonds is 3. The van der Waals surface area contributed by atoms with Gasteiger partial charge in [0.1, 0.15) is 6.10 Å². The largest absolute Gasteiger partial charge is 0.368 e. The molecule has 0 saturated carbocycles. The summed E-state index contributed by atoms with van der Waals surface area (Å²) in [6.45, 7) is 3.57.